The zero-order valence-corrected chi connectivity index (χ0v) is 28.3. The van der Waals surface area contributed by atoms with E-state index < -0.39 is 0 Å². The van der Waals surface area contributed by atoms with Gasteiger partial charge in [0.2, 0.25) is 0 Å². The van der Waals surface area contributed by atoms with E-state index in [1.54, 1.807) is 5.56 Å². The Bertz CT molecular complexity index is 2270. The van der Waals surface area contributed by atoms with Gasteiger partial charge < -0.3 is 4.57 Å². The van der Waals surface area contributed by atoms with Crippen LogP contribution in [0.3, 0.4) is 0 Å². The summed E-state index contributed by atoms with van der Waals surface area (Å²) in [6.07, 6.45) is 26.4. The first-order valence-corrected chi connectivity index (χ1v) is 18.1. The molecule has 4 aliphatic rings. The highest BCUT2D eigenvalue weighted by molar-refractivity contribution is 5.95. The monoisotopic (exact) mass is 635 g/mol. The van der Waals surface area contributed by atoms with Crippen LogP contribution >= 0.6 is 0 Å². The van der Waals surface area contributed by atoms with Crippen molar-refractivity contribution in [2.24, 2.45) is 5.92 Å². The van der Waals surface area contributed by atoms with Gasteiger partial charge in [-0.2, -0.15) is 0 Å². The van der Waals surface area contributed by atoms with Gasteiger partial charge in [-0.25, -0.2) is 4.98 Å². The predicted molar refractivity (Wildman–Crippen MR) is 206 cm³/mol. The van der Waals surface area contributed by atoms with Gasteiger partial charge in [0.15, 0.2) is 0 Å². The third-order valence-electron chi connectivity index (χ3n) is 10.7. The van der Waals surface area contributed by atoms with Crippen molar-refractivity contribution in [2.75, 3.05) is 0 Å². The minimum absolute atomic E-state index is 0.498. The van der Waals surface area contributed by atoms with Crippen LogP contribution in [0.5, 0.6) is 0 Å². The molecular weight excluding hydrogens is 595 g/mol. The Kier molecular flexibility index (Phi) is 7.42. The second-order valence-electron chi connectivity index (χ2n) is 13.4. The lowest BCUT2D eigenvalue weighted by atomic mass is 9.89. The molecule has 0 bridgehead atoms. The first-order valence-electron chi connectivity index (χ1n) is 18.1. The molecule has 3 nitrogen and oxygen atoms in total. The molecule has 0 saturated carbocycles. The lowest BCUT2D eigenvalue weighted by molar-refractivity contribution is 0.630. The van der Waals surface area contributed by atoms with Crippen LogP contribution in [0.15, 0.2) is 128 Å². The topological polar surface area (TPSA) is 22.8 Å². The number of pyridine rings is 1. The highest BCUT2D eigenvalue weighted by Crippen LogP contribution is 2.48. The highest BCUT2D eigenvalue weighted by atomic mass is 15.1. The summed E-state index contributed by atoms with van der Waals surface area (Å²) < 4.78 is 4.93. The summed E-state index contributed by atoms with van der Waals surface area (Å²) in [6.45, 7) is 4.00. The molecule has 3 aromatic heterocycles. The normalized spacial score (nSPS) is 18.1. The van der Waals surface area contributed by atoms with Crippen molar-refractivity contribution in [1.29, 1.82) is 0 Å². The number of rotatable bonds is 4. The van der Waals surface area contributed by atoms with Gasteiger partial charge >= 0.3 is 0 Å². The maximum absolute atomic E-state index is 5.33. The molecule has 0 spiro atoms. The van der Waals surface area contributed by atoms with Gasteiger partial charge in [0.25, 0.3) is 0 Å². The molecule has 49 heavy (non-hydrogen) atoms. The third-order valence-corrected chi connectivity index (χ3v) is 10.7. The van der Waals surface area contributed by atoms with Gasteiger partial charge in [-0.05, 0) is 96.2 Å². The van der Waals surface area contributed by atoms with Crippen molar-refractivity contribution in [3.63, 3.8) is 0 Å². The number of aryl methyl sites for hydroxylation is 1. The van der Waals surface area contributed by atoms with Crippen LogP contribution < -0.4 is 0 Å². The zero-order chi connectivity index (χ0) is 32.9. The molecular formula is C46H41N3. The molecule has 0 aliphatic heterocycles. The molecule has 2 unspecified atom stereocenters. The SMILES string of the molecule is C1=CC2Cc3c(ccc4c3c3c(n4-c4cn(-c5cc(-c6ccccc6)cc(-c6ccccc6)n5)c5c4CCC=C5)C=CCC3)C2C=C1.CC. The summed E-state index contributed by atoms with van der Waals surface area (Å²) in [5, 5.41) is 1.50. The van der Waals surface area contributed by atoms with Crippen LogP contribution in [-0.4, -0.2) is 14.1 Å². The zero-order valence-electron chi connectivity index (χ0n) is 28.3. The summed E-state index contributed by atoms with van der Waals surface area (Å²) in [6, 6.07) is 30.6. The fourth-order valence-corrected chi connectivity index (χ4v) is 8.61. The highest BCUT2D eigenvalue weighted by Gasteiger charge is 2.34. The number of aromatic nitrogens is 3. The Morgan fingerprint density at radius 1 is 0.673 bits per heavy atom. The standard InChI is InChI=1S/C44H35N3.C2H6/c1-3-13-29(14-4-1)32-26-38(30-15-5-2-6-16-30)45-43(27-32)46-28-42(35-19-9-11-21-39(35)46)47-40-22-12-10-20-36(40)44-37-25-31-17-7-8-18-33(31)34(37)23-24-41(44)47;1-2/h1-8,11-18,21-24,26-28,31,33H,9-10,19-20,25H2;1-2H3. The third kappa shape index (κ3) is 4.83. The van der Waals surface area contributed by atoms with Gasteiger partial charge in [0, 0.05) is 34.3 Å². The van der Waals surface area contributed by atoms with Gasteiger partial charge in [0.1, 0.15) is 5.82 Å². The Morgan fingerprint density at radius 2 is 1.39 bits per heavy atom. The van der Waals surface area contributed by atoms with Crippen LogP contribution in [0.4, 0.5) is 0 Å². The van der Waals surface area contributed by atoms with Crippen LogP contribution in [0.25, 0.3) is 56.9 Å². The summed E-state index contributed by atoms with van der Waals surface area (Å²) in [5.74, 6) is 2.02. The summed E-state index contributed by atoms with van der Waals surface area (Å²) in [4.78, 5) is 5.33. The number of fused-ring (bicyclic) bond motifs is 8. The lowest BCUT2D eigenvalue weighted by Gasteiger charge is -2.16. The van der Waals surface area contributed by atoms with E-state index >= 15 is 0 Å². The summed E-state index contributed by atoms with van der Waals surface area (Å²) in [7, 11) is 0. The van der Waals surface area contributed by atoms with Crippen LogP contribution in [0.2, 0.25) is 0 Å². The van der Waals surface area contributed by atoms with E-state index in [4.69, 9.17) is 4.98 Å². The summed E-state index contributed by atoms with van der Waals surface area (Å²) in [5.41, 5.74) is 15.7. The fourth-order valence-electron chi connectivity index (χ4n) is 8.61. The second kappa shape index (κ2) is 12.2. The predicted octanol–water partition coefficient (Wildman–Crippen LogP) is 11.5. The summed E-state index contributed by atoms with van der Waals surface area (Å²) >= 11 is 0. The lowest BCUT2D eigenvalue weighted by Crippen LogP contribution is -2.04. The number of hydrogen-bond acceptors (Lipinski definition) is 1. The first kappa shape index (κ1) is 29.7. The van der Waals surface area contributed by atoms with Gasteiger partial charge in [-0.1, -0.05) is 117 Å². The molecule has 0 fully saturated rings. The Labute approximate surface area is 289 Å². The molecule has 6 aromatic rings. The molecule has 3 heteroatoms. The van der Waals surface area contributed by atoms with Crippen molar-refractivity contribution in [1.82, 2.24) is 14.1 Å². The quantitative estimate of drug-likeness (QED) is 0.189. The van der Waals surface area contributed by atoms with Crippen LogP contribution in [-0.2, 0) is 19.3 Å². The molecule has 0 amide bonds. The van der Waals surface area contributed by atoms with Gasteiger partial charge in [0.05, 0.1) is 22.6 Å². The molecule has 0 radical (unpaired) electrons. The van der Waals surface area contributed by atoms with E-state index in [1.807, 2.05) is 13.8 Å². The second-order valence-corrected chi connectivity index (χ2v) is 13.4. The van der Waals surface area contributed by atoms with E-state index in [-0.39, 0.29) is 0 Å². The molecule has 3 aromatic carbocycles. The Morgan fingerprint density at radius 3 is 2.18 bits per heavy atom. The van der Waals surface area contributed by atoms with E-state index in [1.165, 1.54) is 55.8 Å². The number of hydrogen-bond donors (Lipinski definition) is 0. The fraction of sp³-hybridized carbons (Fsp3) is 0.196. The van der Waals surface area contributed by atoms with Crippen molar-refractivity contribution in [3.8, 4) is 33.9 Å². The first-order chi connectivity index (χ1) is 24.3. The Hall–Kier alpha value is -5.41. The molecule has 0 saturated heterocycles. The van der Waals surface area contributed by atoms with E-state index in [2.05, 4.69) is 149 Å². The molecule has 240 valence electrons. The number of nitrogens with zero attached hydrogens (tertiary/aromatic N) is 3. The van der Waals surface area contributed by atoms with Crippen LogP contribution in [0.1, 0.15) is 66.2 Å². The van der Waals surface area contributed by atoms with Crippen LogP contribution in [0, 0.1) is 5.92 Å². The largest absolute Gasteiger partial charge is 0.308 e. The van der Waals surface area contributed by atoms with Crippen molar-refractivity contribution >= 4 is 23.1 Å². The minimum Gasteiger partial charge on any atom is -0.308 e. The minimum atomic E-state index is 0.498. The average Bonchev–Trinajstić information content (AvgIpc) is 3.86. The molecule has 10 rings (SSSR count). The number of benzene rings is 3. The molecule has 2 atom stereocenters. The Balaban J connectivity index is 0.00000160. The maximum atomic E-state index is 5.33. The van der Waals surface area contributed by atoms with E-state index in [9.17, 15) is 0 Å². The maximum Gasteiger partial charge on any atom is 0.138 e. The van der Waals surface area contributed by atoms with Crippen molar-refractivity contribution < 1.29 is 0 Å². The molecule has 3 heterocycles. The van der Waals surface area contributed by atoms with E-state index in [0.29, 0.717) is 11.8 Å². The molecule has 0 N–H and O–H groups in total. The van der Waals surface area contributed by atoms with Gasteiger partial charge in [-0.3, -0.25) is 4.57 Å². The van der Waals surface area contributed by atoms with Crippen molar-refractivity contribution in [2.45, 2.75) is 51.9 Å². The van der Waals surface area contributed by atoms with Crippen molar-refractivity contribution in [3.05, 3.63) is 161 Å². The number of allylic oxidation sites excluding steroid dienone is 6. The molecule has 4 aliphatic carbocycles. The van der Waals surface area contributed by atoms with Gasteiger partial charge in [-0.15, -0.1) is 0 Å². The smallest absolute Gasteiger partial charge is 0.138 e. The average molecular weight is 636 g/mol. The van der Waals surface area contributed by atoms with E-state index in [0.717, 1.165) is 49.2 Å².